The minimum absolute atomic E-state index is 0.217. The fraction of sp³-hybridized carbons (Fsp3) is 0.929. The molecule has 2 aliphatic heterocycles. The van der Waals surface area contributed by atoms with E-state index in [-0.39, 0.29) is 6.03 Å². The molecule has 0 aliphatic carbocycles. The summed E-state index contributed by atoms with van der Waals surface area (Å²) in [4.78, 5) is 16.3. The van der Waals surface area contributed by atoms with Gasteiger partial charge in [-0.1, -0.05) is 13.3 Å². The monoisotopic (exact) mass is 253 g/mol. The number of likely N-dealkylation sites (tertiary alicyclic amines) is 1. The summed E-state index contributed by atoms with van der Waals surface area (Å²) < 4.78 is 0. The number of nitrogens with zero attached hydrogens (tertiary/aromatic N) is 2. The van der Waals surface area contributed by atoms with E-state index in [0.717, 1.165) is 32.6 Å². The lowest BCUT2D eigenvalue weighted by atomic mass is 10.0. The van der Waals surface area contributed by atoms with E-state index in [4.69, 9.17) is 0 Å². The Hall–Kier alpha value is -0.770. The van der Waals surface area contributed by atoms with Gasteiger partial charge in [0, 0.05) is 32.7 Å². The van der Waals surface area contributed by atoms with Crippen LogP contribution in [0.5, 0.6) is 0 Å². The van der Waals surface area contributed by atoms with Crippen LogP contribution in [-0.4, -0.2) is 55.1 Å². The molecule has 0 aromatic rings. The third-order valence-corrected chi connectivity index (χ3v) is 4.16. The fourth-order valence-corrected chi connectivity index (χ4v) is 3.09. The molecule has 0 saturated carbocycles. The zero-order valence-electron chi connectivity index (χ0n) is 11.8. The van der Waals surface area contributed by atoms with E-state index in [0.29, 0.717) is 12.0 Å². The first-order valence-electron chi connectivity index (χ1n) is 7.40. The highest BCUT2D eigenvalue weighted by atomic mass is 16.2. The number of hydrogen-bond donors (Lipinski definition) is 1. The molecule has 18 heavy (non-hydrogen) atoms. The standard InChI is InChI=1S/C14H27N3O/c1-12-6-5-9-17(10-12)14(18)16(2)11-13-7-3-4-8-15-13/h12-13,15H,3-11H2,1-2H3. The minimum Gasteiger partial charge on any atom is -0.326 e. The van der Waals surface area contributed by atoms with Crippen LogP contribution in [0.3, 0.4) is 0 Å². The van der Waals surface area contributed by atoms with Gasteiger partial charge in [0.25, 0.3) is 0 Å². The first-order chi connectivity index (χ1) is 8.66. The van der Waals surface area contributed by atoms with Crippen molar-refractivity contribution >= 4 is 6.03 Å². The molecule has 104 valence electrons. The van der Waals surface area contributed by atoms with E-state index in [1.165, 1.54) is 25.7 Å². The first-order valence-corrected chi connectivity index (χ1v) is 7.40. The highest BCUT2D eigenvalue weighted by Crippen LogP contribution is 2.17. The van der Waals surface area contributed by atoms with Gasteiger partial charge in [-0.15, -0.1) is 0 Å². The molecule has 2 unspecified atom stereocenters. The first kappa shape index (κ1) is 13.7. The van der Waals surface area contributed by atoms with E-state index in [1.807, 2.05) is 16.8 Å². The Bertz CT molecular complexity index is 276. The average molecular weight is 253 g/mol. The molecule has 2 rings (SSSR count). The number of amides is 2. The van der Waals surface area contributed by atoms with Gasteiger partial charge >= 0.3 is 6.03 Å². The van der Waals surface area contributed by atoms with Crippen molar-refractivity contribution in [1.29, 1.82) is 0 Å². The number of piperidine rings is 2. The Morgan fingerprint density at radius 3 is 2.83 bits per heavy atom. The van der Waals surface area contributed by atoms with Gasteiger partial charge in [-0.2, -0.15) is 0 Å². The largest absolute Gasteiger partial charge is 0.326 e. The molecule has 0 radical (unpaired) electrons. The second-order valence-electron chi connectivity index (χ2n) is 6.00. The van der Waals surface area contributed by atoms with Crippen LogP contribution < -0.4 is 5.32 Å². The van der Waals surface area contributed by atoms with E-state index in [2.05, 4.69) is 12.2 Å². The molecule has 0 spiro atoms. The summed E-state index contributed by atoms with van der Waals surface area (Å²) in [6.07, 6.45) is 6.19. The van der Waals surface area contributed by atoms with Gasteiger partial charge in [0.05, 0.1) is 0 Å². The highest BCUT2D eigenvalue weighted by Gasteiger charge is 2.25. The molecule has 4 nitrogen and oxygen atoms in total. The number of likely N-dealkylation sites (N-methyl/N-ethyl adjacent to an activating group) is 1. The van der Waals surface area contributed by atoms with Crippen molar-refractivity contribution in [2.45, 2.75) is 45.1 Å². The van der Waals surface area contributed by atoms with Crippen molar-refractivity contribution in [3.8, 4) is 0 Å². The van der Waals surface area contributed by atoms with Crippen molar-refractivity contribution in [2.24, 2.45) is 5.92 Å². The van der Waals surface area contributed by atoms with Crippen LogP contribution in [-0.2, 0) is 0 Å². The number of carbonyl (C=O) groups is 1. The number of rotatable bonds is 2. The van der Waals surface area contributed by atoms with Gasteiger partial charge in [-0.05, 0) is 38.1 Å². The van der Waals surface area contributed by atoms with Crippen LogP contribution in [0.4, 0.5) is 4.79 Å². The lowest BCUT2D eigenvalue weighted by molar-refractivity contribution is 0.134. The summed E-state index contributed by atoms with van der Waals surface area (Å²) >= 11 is 0. The summed E-state index contributed by atoms with van der Waals surface area (Å²) in [5, 5.41) is 3.50. The van der Waals surface area contributed by atoms with E-state index < -0.39 is 0 Å². The second kappa shape index (κ2) is 6.41. The predicted molar refractivity (Wildman–Crippen MR) is 73.6 cm³/mol. The number of hydrogen-bond acceptors (Lipinski definition) is 2. The summed E-state index contributed by atoms with van der Waals surface area (Å²) in [7, 11) is 1.94. The van der Waals surface area contributed by atoms with E-state index in [1.54, 1.807) is 0 Å². The Morgan fingerprint density at radius 2 is 2.17 bits per heavy atom. The molecule has 1 N–H and O–H groups in total. The normalized spacial score (nSPS) is 29.1. The summed E-state index contributed by atoms with van der Waals surface area (Å²) in [5.74, 6) is 0.656. The van der Waals surface area contributed by atoms with Crippen LogP contribution in [0.1, 0.15) is 39.0 Å². The Kier molecular flexibility index (Phi) is 4.87. The lowest BCUT2D eigenvalue weighted by Gasteiger charge is -2.36. The van der Waals surface area contributed by atoms with Gasteiger partial charge in [0.2, 0.25) is 0 Å². The Morgan fingerprint density at radius 1 is 1.33 bits per heavy atom. The number of carbonyl (C=O) groups excluding carboxylic acids is 1. The van der Waals surface area contributed by atoms with Crippen LogP contribution in [0.15, 0.2) is 0 Å². The minimum atomic E-state index is 0.217. The topological polar surface area (TPSA) is 35.6 Å². The quantitative estimate of drug-likeness (QED) is 0.816. The third kappa shape index (κ3) is 3.61. The Balaban J connectivity index is 1.79. The van der Waals surface area contributed by atoms with Gasteiger partial charge in [0.1, 0.15) is 0 Å². The van der Waals surface area contributed by atoms with Crippen molar-refractivity contribution < 1.29 is 4.79 Å². The molecule has 4 heteroatoms. The highest BCUT2D eigenvalue weighted by molar-refractivity contribution is 5.74. The molecule has 0 bridgehead atoms. The van der Waals surface area contributed by atoms with Crippen molar-refractivity contribution in [3.05, 3.63) is 0 Å². The second-order valence-corrected chi connectivity index (χ2v) is 6.00. The number of nitrogens with one attached hydrogen (secondary N) is 1. The molecule has 2 atom stereocenters. The maximum Gasteiger partial charge on any atom is 0.319 e. The van der Waals surface area contributed by atoms with Crippen LogP contribution in [0, 0.1) is 5.92 Å². The molecule has 0 aromatic heterocycles. The van der Waals surface area contributed by atoms with E-state index >= 15 is 0 Å². The van der Waals surface area contributed by atoms with Gasteiger partial charge in [-0.25, -0.2) is 4.79 Å². The zero-order valence-corrected chi connectivity index (χ0v) is 11.8. The molecule has 2 amide bonds. The molecule has 2 heterocycles. The van der Waals surface area contributed by atoms with Gasteiger partial charge < -0.3 is 15.1 Å². The predicted octanol–water partition coefficient (Wildman–Crippen LogP) is 1.91. The van der Waals surface area contributed by atoms with E-state index in [9.17, 15) is 4.79 Å². The van der Waals surface area contributed by atoms with Crippen molar-refractivity contribution in [1.82, 2.24) is 15.1 Å². The average Bonchev–Trinajstić information content (AvgIpc) is 2.39. The lowest BCUT2D eigenvalue weighted by Crippen LogP contribution is -2.50. The SMILES string of the molecule is CC1CCCN(C(=O)N(C)CC2CCCCN2)C1. The molecule has 2 aliphatic rings. The molecule has 0 aromatic carbocycles. The van der Waals surface area contributed by atoms with Gasteiger partial charge in [0.15, 0.2) is 0 Å². The maximum atomic E-state index is 12.3. The van der Waals surface area contributed by atoms with Crippen molar-refractivity contribution in [3.63, 3.8) is 0 Å². The third-order valence-electron chi connectivity index (χ3n) is 4.16. The smallest absolute Gasteiger partial charge is 0.319 e. The maximum absolute atomic E-state index is 12.3. The summed E-state index contributed by atoms with van der Waals surface area (Å²) in [5.41, 5.74) is 0. The molecule has 2 fully saturated rings. The molecule has 2 saturated heterocycles. The Labute approximate surface area is 111 Å². The molecular weight excluding hydrogens is 226 g/mol. The summed E-state index contributed by atoms with van der Waals surface area (Å²) in [6, 6.07) is 0.712. The summed E-state index contributed by atoms with van der Waals surface area (Å²) in [6.45, 7) is 6.06. The van der Waals surface area contributed by atoms with Crippen molar-refractivity contribution in [2.75, 3.05) is 33.2 Å². The van der Waals surface area contributed by atoms with Crippen LogP contribution in [0.2, 0.25) is 0 Å². The van der Waals surface area contributed by atoms with Crippen LogP contribution >= 0.6 is 0 Å². The fourth-order valence-electron chi connectivity index (χ4n) is 3.09. The van der Waals surface area contributed by atoms with Gasteiger partial charge in [-0.3, -0.25) is 0 Å². The van der Waals surface area contributed by atoms with Crippen LogP contribution in [0.25, 0.3) is 0 Å². The zero-order chi connectivity index (χ0) is 13.0. The number of urea groups is 1. The molecular formula is C14H27N3O.